The highest BCUT2D eigenvalue weighted by molar-refractivity contribution is 5.81. The number of carbonyl (C=O) groups is 1. The molecular formula is C17H23N3O. The highest BCUT2D eigenvalue weighted by Crippen LogP contribution is 2.18. The Bertz CT molecular complexity index is 647. The Hall–Kier alpha value is -1.84. The first-order valence-corrected chi connectivity index (χ1v) is 7.85. The Kier molecular flexibility index (Phi) is 3.95. The molecule has 1 atom stereocenters. The molecule has 1 fully saturated rings. The Morgan fingerprint density at radius 2 is 2.24 bits per heavy atom. The van der Waals surface area contributed by atoms with Crippen LogP contribution in [0.1, 0.15) is 37.6 Å². The van der Waals surface area contributed by atoms with Gasteiger partial charge in [-0.15, -0.1) is 0 Å². The zero-order chi connectivity index (χ0) is 14.8. The number of likely N-dealkylation sites (tertiary alicyclic amines) is 1. The van der Waals surface area contributed by atoms with Crippen molar-refractivity contribution in [3.63, 3.8) is 0 Å². The number of aromatic nitrogens is 2. The number of nitrogens with zero attached hydrogens (tertiary/aromatic N) is 2. The molecule has 1 aromatic carbocycles. The highest BCUT2D eigenvalue weighted by Gasteiger charge is 2.18. The standard InChI is InChI=1S/C17H23N3O/c1-12-4-3-8-20(9-7-12)17(21)11-14-5-6-15-16(10-14)19-13(2)18-15/h5-6,10,12H,3-4,7-9,11H2,1-2H3,(H,18,19)/t12-/m0/s1. The van der Waals surface area contributed by atoms with Crippen molar-refractivity contribution in [2.75, 3.05) is 13.1 Å². The summed E-state index contributed by atoms with van der Waals surface area (Å²) >= 11 is 0. The molecule has 1 amide bonds. The summed E-state index contributed by atoms with van der Waals surface area (Å²) in [6.45, 7) is 6.05. The van der Waals surface area contributed by atoms with E-state index in [9.17, 15) is 4.79 Å². The molecule has 1 aromatic heterocycles. The molecule has 2 aromatic rings. The summed E-state index contributed by atoms with van der Waals surface area (Å²) in [4.78, 5) is 22.1. The van der Waals surface area contributed by atoms with E-state index in [1.54, 1.807) is 0 Å². The molecule has 0 aliphatic carbocycles. The smallest absolute Gasteiger partial charge is 0.226 e. The Labute approximate surface area is 125 Å². The van der Waals surface area contributed by atoms with Crippen molar-refractivity contribution in [1.82, 2.24) is 14.9 Å². The summed E-state index contributed by atoms with van der Waals surface area (Å²) in [6.07, 6.45) is 3.99. The molecule has 21 heavy (non-hydrogen) atoms. The average molecular weight is 285 g/mol. The SMILES string of the molecule is Cc1nc2ccc(CC(=O)N3CCC[C@H](C)CC3)cc2[nH]1. The fourth-order valence-corrected chi connectivity index (χ4v) is 3.09. The van der Waals surface area contributed by atoms with Gasteiger partial charge in [0.15, 0.2) is 0 Å². The Morgan fingerprint density at radius 3 is 3.10 bits per heavy atom. The minimum atomic E-state index is 0.250. The number of H-pyrrole nitrogens is 1. The van der Waals surface area contributed by atoms with E-state index >= 15 is 0 Å². The van der Waals surface area contributed by atoms with Crippen LogP contribution in [0.3, 0.4) is 0 Å². The van der Waals surface area contributed by atoms with Gasteiger partial charge in [0.1, 0.15) is 5.82 Å². The summed E-state index contributed by atoms with van der Waals surface area (Å²) in [5.41, 5.74) is 3.04. The summed E-state index contributed by atoms with van der Waals surface area (Å²) in [5.74, 6) is 1.90. The first kappa shape index (κ1) is 14.1. The molecule has 3 rings (SSSR count). The number of carbonyl (C=O) groups excluding carboxylic acids is 1. The molecule has 0 spiro atoms. The predicted octanol–water partition coefficient (Wildman–Crippen LogP) is 3.06. The lowest BCUT2D eigenvalue weighted by Gasteiger charge is -2.20. The molecule has 1 saturated heterocycles. The number of imidazole rings is 1. The maximum absolute atomic E-state index is 12.5. The van der Waals surface area contributed by atoms with E-state index in [4.69, 9.17) is 0 Å². The first-order valence-electron chi connectivity index (χ1n) is 7.85. The number of hydrogen-bond donors (Lipinski definition) is 1. The van der Waals surface area contributed by atoms with E-state index in [2.05, 4.69) is 16.9 Å². The third-order valence-corrected chi connectivity index (χ3v) is 4.39. The van der Waals surface area contributed by atoms with Crippen LogP contribution in [0, 0.1) is 12.8 Å². The number of nitrogens with one attached hydrogen (secondary N) is 1. The molecule has 4 heteroatoms. The summed E-state index contributed by atoms with van der Waals surface area (Å²) < 4.78 is 0. The number of aryl methyl sites for hydroxylation is 1. The van der Waals surface area contributed by atoms with E-state index in [0.717, 1.165) is 54.3 Å². The third kappa shape index (κ3) is 3.26. The lowest BCUT2D eigenvalue weighted by Crippen LogP contribution is -2.33. The van der Waals surface area contributed by atoms with Crippen molar-refractivity contribution in [2.45, 2.75) is 39.5 Å². The molecular weight excluding hydrogens is 262 g/mol. The molecule has 1 aliphatic heterocycles. The maximum Gasteiger partial charge on any atom is 0.226 e. The number of benzene rings is 1. The molecule has 0 unspecified atom stereocenters. The lowest BCUT2D eigenvalue weighted by atomic mass is 10.0. The molecule has 1 N–H and O–H groups in total. The number of rotatable bonds is 2. The highest BCUT2D eigenvalue weighted by atomic mass is 16.2. The molecule has 0 saturated carbocycles. The van der Waals surface area contributed by atoms with Gasteiger partial charge in [-0.1, -0.05) is 13.0 Å². The first-order chi connectivity index (χ1) is 10.1. The van der Waals surface area contributed by atoms with Crippen LogP contribution in [0.25, 0.3) is 11.0 Å². The third-order valence-electron chi connectivity index (χ3n) is 4.39. The zero-order valence-corrected chi connectivity index (χ0v) is 12.9. The van der Waals surface area contributed by atoms with Crippen LogP contribution in [0.4, 0.5) is 0 Å². The average Bonchev–Trinajstić information content (AvgIpc) is 2.66. The van der Waals surface area contributed by atoms with Gasteiger partial charge in [-0.3, -0.25) is 4.79 Å². The number of amides is 1. The van der Waals surface area contributed by atoms with Crippen LogP contribution in [0.2, 0.25) is 0 Å². The van der Waals surface area contributed by atoms with Crippen molar-refractivity contribution in [3.05, 3.63) is 29.6 Å². The number of hydrogen-bond acceptors (Lipinski definition) is 2. The van der Waals surface area contributed by atoms with Crippen LogP contribution >= 0.6 is 0 Å². The van der Waals surface area contributed by atoms with Crippen LogP contribution in [0.15, 0.2) is 18.2 Å². The molecule has 112 valence electrons. The van der Waals surface area contributed by atoms with Crippen LogP contribution in [-0.2, 0) is 11.2 Å². The van der Waals surface area contributed by atoms with Gasteiger partial charge < -0.3 is 9.88 Å². The number of fused-ring (bicyclic) bond motifs is 1. The molecule has 0 bridgehead atoms. The van der Waals surface area contributed by atoms with Crippen molar-refractivity contribution < 1.29 is 4.79 Å². The van der Waals surface area contributed by atoms with E-state index in [1.165, 1.54) is 6.42 Å². The van der Waals surface area contributed by atoms with Gasteiger partial charge in [0.25, 0.3) is 0 Å². The van der Waals surface area contributed by atoms with Crippen molar-refractivity contribution >= 4 is 16.9 Å². The van der Waals surface area contributed by atoms with E-state index < -0.39 is 0 Å². The van der Waals surface area contributed by atoms with E-state index in [1.807, 2.05) is 30.0 Å². The normalized spacial score (nSPS) is 19.7. The molecule has 1 aliphatic rings. The predicted molar refractivity (Wildman–Crippen MR) is 84.1 cm³/mol. The topological polar surface area (TPSA) is 49.0 Å². The van der Waals surface area contributed by atoms with E-state index in [-0.39, 0.29) is 5.91 Å². The van der Waals surface area contributed by atoms with Crippen molar-refractivity contribution in [3.8, 4) is 0 Å². The zero-order valence-electron chi connectivity index (χ0n) is 12.9. The van der Waals surface area contributed by atoms with E-state index in [0.29, 0.717) is 6.42 Å². The monoisotopic (exact) mass is 285 g/mol. The Morgan fingerprint density at radius 1 is 1.38 bits per heavy atom. The van der Waals surface area contributed by atoms with Gasteiger partial charge in [0.05, 0.1) is 17.5 Å². The van der Waals surface area contributed by atoms with Crippen molar-refractivity contribution in [1.29, 1.82) is 0 Å². The van der Waals surface area contributed by atoms with Gasteiger partial charge in [-0.2, -0.15) is 0 Å². The van der Waals surface area contributed by atoms with Gasteiger partial charge in [0.2, 0.25) is 5.91 Å². The van der Waals surface area contributed by atoms with Gasteiger partial charge in [0, 0.05) is 13.1 Å². The lowest BCUT2D eigenvalue weighted by molar-refractivity contribution is -0.130. The maximum atomic E-state index is 12.5. The molecule has 0 radical (unpaired) electrons. The van der Waals surface area contributed by atoms with Crippen LogP contribution in [-0.4, -0.2) is 33.9 Å². The molecule has 2 heterocycles. The van der Waals surface area contributed by atoms with Crippen molar-refractivity contribution in [2.24, 2.45) is 5.92 Å². The second kappa shape index (κ2) is 5.88. The summed E-state index contributed by atoms with van der Waals surface area (Å²) in [7, 11) is 0. The summed E-state index contributed by atoms with van der Waals surface area (Å²) in [6, 6.07) is 6.06. The second-order valence-corrected chi connectivity index (χ2v) is 6.27. The number of aromatic amines is 1. The quantitative estimate of drug-likeness (QED) is 0.922. The minimum absolute atomic E-state index is 0.250. The Balaban J connectivity index is 1.70. The second-order valence-electron chi connectivity index (χ2n) is 6.27. The summed E-state index contributed by atoms with van der Waals surface area (Å²) in [5, 5.41) is 0. The van der Waals surface area contributed by atoms with Gasteiger partial charge in [-0.05, 0) is 49.8 Å². The van der Waals surface area contributed by atoms with Crippen LogP contribution < -0.4 is 0 Å². The fraction of sp³-hybridized carbons (Fsp3) is 0.529. The van der Waals surface area contributed by atoms with Crippen LogP contribution in [0.5, 0.6) is 0 Å². The minimum Gasteiger partial charge on any atom is -0.342 e. The molecule has 4 nitrogen and oxygen atoms in total. The van der Waals surface area contributed by atoms with Gasteiger partial charge >= 0.3 is 0 Å². The van der Waals surface area contributed by atoms with Gasteiger partial charge in [-0.25, -0.2) is 4.98 Å². The fourth-order valence-electron chi connectivity index (χ4n) is 3.09. The largest absolute Gasteiger partial charge is 0.342 e.